The summed E-state index contributed by atoms with van der Waals surface area (Å²) in [5.74, 6) is 0.569. The number of nitrogens with two attached hydrogens (primary N) is 1. The zero-order chi connectivity index (χ0) is 14.7. The Kier molecular flexibility index (Phi) is 3.99. The van der Waals surface area contributed by atoms with Crippen molar-refractivity contribution in [2.45, 2.75) is 33.4 Å². The molecule has 2 aromatic rings. The van der Waals surface area contributed by atoms with Crippen molar-refractivity contribution in [3.05, 3.63) is 47.2 Å². The summed E-state index contributed by atoms with van der Waals surface area (Å²) >= 11 is 0. The Balaban J connectivity index is 2.44. The number of hydrogen-bond acceptors (Lipinski definition) is 3. The van der Waals surface area contributed by atoms with Crippen LogP contribution in [0.1, 0.15) is 30.7 Å². The zero-order valence-electron chi connectivity index (χ0n) is 12.1. The molecule has 0 bridgehead atoms. The lowest BCUT2D eigenvalue weighted by molar-refractivity contribution is 0.224. The van der Waals surface area contributed by atoms with Crippen molar-refractivity contribution in [1.29, 1.82) is 5.26 Å². The highest BCUT2D eigenvalue weighted by Crippen LogP contribution is 2.28. The lowest BCUT2D eigenvalue weighted by atomic mass is 10.1. The third-order valence-corrected chi connectivity index (χ3v) is 3.13. The van der Waals surface area contributed by atoms with Crippen molar-refractivity contribution < 1.29 is 4.74 Å². The average Bonchev–Trinajstić information content (AvgIpc) is 2.69. The van der Waals surface area contributed by atoms with Crippen LogP contribution in [-0.4, -0.2) is 10.7 Å². The summed E-state index contributed by atoms with van der Waals surface area (Å²) in [6.07, 6.45) is 0.00867. The van der Waals surface area contributed by atoms with Gasteiger partial charge in [0.2, 0.25) is 5.88 Å². The first-order valence-corrected chi connectivity index (χ1v) is 6.63. The summed E-state index contributed by atoms with van der Waals surface area (Å²) in [6.45, 7) is 6.51. The zero-order valence-corrected chi connectivity index (χ0v) is 12.1. The highest BCUT2D eigenvalue weighted by molar-refractivity contribution is 5.55. The van der Waals surface area contributed by atoms with Crippen LogP contribution in [-0.2, 0) is 6.54 Å². The van der Waals surface area contributed by atoms with Gasteiger partial charge in [0, 0.05) is 6.07 Å². The quantitative estimate of drug-likeness (QED) is 0.927. The highest BCUT2D eigenvalue weighted by Gasteiger charge is 2.16. The van der Waals surface area contributed by atoms with E-state index in [1.165, 1.54) is 5.56 Å². The normalized spacial score (nSPS) is 10.6. The SMILES string of the molecule is Cc1ccccc1Cn1c(C#N)cc(N)c1OC(C)C. The molecule has 104 valence electrons. The van der Waals surface area contributed by atoms with E-state index in [4.69, 9.17) is 10.5 Å². The molecule has 0 radical (unpaired) electrons. The van der Waals surface area contributed by atoms with E-state index in [2.05, 4.69) is 19.1 Å². The van der Waals surface area contributed by atoms with Gasteiger partial charge in [0.25, 0.3) is 0 Å². The summed E-state index contributed by atoms with van der Waals surface area (Å²) in [5, 5.41) is 9.26. The second-order valence-corrected chi connectivity index (χ2v) is 5.08. The molecule has 4 heteroatoms. The summed E-state index contributed by atoms with van der Waals surface area (Å²) < 4.78 is 7.59. The Morgan fingerprint density at radius 2 is 2.05 bits per heavy atom. The van der Waals surface area contributed by atoms with Crippen LogP contribution in [0.15, 0.2) is 30.3 Å². The monoisotopic (exact) mass is 269 g/mol. The number of anilines is 1. The van der Waals surface area contributed by atoms with Gasteiger partial charge >= 0.3 is 0 Å². The number of aryl methyl sites for hydroxylation is 1. The second kappa shape index (κ2) is 5.70. The van der Waals surface area contributed by atoms with Gasteiger partial charge in [0.15, 0.2) is 0 Å². The third kappa shape index (κ3) is 2.77. The molecule has 0 aliphatic rings. The van der Waals surface area contributed by atoms with Crippen molar-refractivity contribution in [2.24, 2.45) is 0 Å². The molecule has 0 atom stereocenters. The predicted octanol–water partition coefficient (Wildman–Crippen LogP) is 3.09. The number of hydrogen-bond donors (Lipinski definition) is 1. The van der Waals surface area contributed by atoms with Crippen molar-refractivity contribution >= 4 is 5.69 Å². The summed E-state index contributed by atoms with van der Waals surface area (Å²) in [6, 6.07) is 11.9. The number of nitrogen functional groups attached to an aromatic ring is 1. The van der Waals surface area contributed by atoms with E-state index < -0.39 is 0 Å². The minimum atomic E-state index is 0.00867. The Morgan fingerprint density at radius 1 is 1.35 bits per heavy atom. The molecule has 0 aliphatic carbocycles. The molecule has 4 nitrogen and oxygen atoms in total. The van der Waals surface area contributed by atoms with E-state index >= 15 is 0 Å². The van der Waals surface area contributed by atoms with Gasteiger partial charge in [0.1, 0.15) is 11.8 Å². The van der Waals surface area contributed by atoms with Crippen LogP contribution >= 0.6 is 0 Å². The smallest absolute Gasteiger partial charge is 0.219 e. The number of ether oxygens (including phenoxy) is 1. The molecule has 0 amide bonds. The minimum Gasteiger partial charge on any atom is -0.475 e. The van der Waals surface area contributed by atoms with Crippen LogP contribution in [0.5, 0.6) is 5.88 Å². The molecule has 0 unspecified atom stereocenters. The first-order chi connectivity index (χ1) is 9.52. The number of nitriles is 1. The van der Waals surface area contributed by atoms with Crippen molar-refractivity contribution in [3.8, 4) is 11.9 Å². The van der Waals surface area contributed by atoms with Crippen LogP contribution in [0.25, 0.3) is 0 Å². The highest BCUT2D eigenvalue weighted by atomic mass is 16.5. The van der Waals surface area contributed by atoms with Crippen LogP contribution in [0.4, 0.5) is 5.69 Å². The van der Waals surface area contributed by atoms with Crippen LogP contribution < -0.4 is 10.5 Å². The lowest BCUT2D eigenvalue weighted by Gasteiger charge is -2.16. The molecular formula is C16H19N3O. The average molecular weight is 269 g/mol. The Bertz CT molecular complexity index is 650. The molecule has 0 aliphatic heterocycles. The van der Waals surface area contributed by atoms with Crippen LogP contribution in [0, 0.1) is 18.3 Å². The van der Waals surface area contributed by atoms with E-state index in [1.54, 1.807) is 6.07 Å². The molecule has 2 rings (SSSR count). The molecule has 1 heterocycles. The predicted molar refractivity (Wildman–Crippen MR) is 79.6 cm³/mol. The maximum atomic E-state index is 9.26. The van der Waals surface area contributed by atoms with E-state index in [0.29, 0.717) is 23.8 Å². The van der Waals surface area contributed by atoms with E-state index in [0.717, 1.165) is 5.56 Å². The molecule has 20 heavy (non-hydrogen) atoms. The fourth-order valence-corrected chi connectivity index (χ4v) is 2.11. The Morgan fingerprint density at radius 3 is 2.65 bits per heavy atom. The van der Waals surface area contributed by atoms with Gasteiger partial charge in [-0.2, -0.15) is 5.26 Å². The molecule has 2 N–H and O–H groups in total. The van der Waals surface area contributed by atoms with Gasteiger partial charge in [-0.25, -0.2) is 0 Å². The van der Waals surface area contributed by atoms with Gasteiger partial charge in [0.05, 0.1) is 18.3 Å². The van der Waals surface area contributed by atoms with E-state index in [1.807, 2.05) is 36.6 Å². The van der Waals surface area contributed by atoms with Crippen molar-refractivity contribution in [3.63, 3.8) is 0 Å². The Hall–Kier alpha value is -2.41. The van der Waals surface area contributed by atoms with Gasteiger partial charge in [-0.15, -0.1) is 0 Å². The van der Waals surface area contributed by atoms with E-state index in [9.17, 15) is 5.26 Å². The molecule has 0 saturated carbocycles. The second-order valence-electron chi connectivity index (χ2n) is 5.08. The van der Waals surface area contributed by atoms with Gasteiger partial charge in [-0.3, -0.25) is 4.57 Å². The fraction of sp³-hybridized carbons (Fsp3) is 0.312. The fourth-order valence-electron chi connectivity index (χ4n) is 2.11. The molecule has 0 fully saturated rings. The first-order valence-electron chi connectivity index (χ1n) is 6.63. The largest absolute Gasteiger partial charge is 0.475 e. The summed E-state index contributed by atoms with van der Waals surface area (Å²) in [5.41, 5.74) is 9.31. The van der Waals surface area contributed by atoms with Gasteiger partial charge < -0.3 is 10.5 Å². The maximum absolute atomic E-state index is 9.26. The van der Waals surface area contributed by atoms with Gasteiger partial charge in [-0.05, 0) is 31.9 Å². The summed E-state index contributed by atoms with van der Waals surface area (Å²) in [7, 11) is 0. The molecule has 0 saturated heterocycles. The minimum absolute atomic E-state index is 0.00867. The molecular weight excluding hydrogens is 250 g/mol. The Labute approximate surface area is 119 Å². The summed E-state index contributed by atoms with van der Waals surface area (Å²) in [4.78, 5) is 0. The molecule has 1 aromatic heterocycles. The standard InChI is InChI=1S/C16H19N3O/c1-11(2)20-16-15(18)8-14(9-17)19(16)10-13-7-5-4-6-12(13)3/h4-8,11H,10,18H2,1-3H3. The topological polar surface area (TPSA) is 64.0 Å². The number of benzene rings is 1. The first kappa shape index (κ1) is 14.0. The van der Waals surface area contributed by atoms with E-state index in [-0.39, 0.29) is 6.10 Å². The number of aromatic nitrogens is 1. The van der Waals surface area contributed by atoms with Gasteiger partial charge in [-0.1, -0.05) is 24.3 Å². The number of rotatable bonds is 4. The lowest BCUT2D eigenvalue weighted by Crippen LogP contribution is -2.13. The maximum Gasteiger partial charge on any atom is 0.219 e. The number of nitrogens with zero attached hydrogens (tertiary/aromatic N) is 2. The van der Waals surface area contributed by atoms with Crippen LogP contribution in [0.2, 0.25) is 0 Å². The molecule has 0 spiro atoms. The van der Waals surface area contributed by atoms with Crippen molar-refractivity contribution in [2.75, 3.05) is 5.73 Å². The molecule has 1 aromatic carbocycles. The van der Waals surface area contributed by atoms with Crippen molar-refractivity contribution in [1.82, 2.24) is 4.57 Å². The van der Waals surface area contributed by atoms with Crippen LogP contribution in [0.3, 0.4) is 0 Å². The third-order valence-electron chi connectivity index (χ3n) is 3.13.